The number of aromatic nitrogens is 1. The molecule has 1 unspecified atom stereocenters. The summed E-state index contributed by atoms with van der Waals surface area (Å²) in [7, 11) is -3.67. The Balaban J connectivity index is 1.67. The van der Waals surface area contributed by atoms with Crippen molar-refractivity contribution in [3.63, 3.8) is 0 Å². The maximum absolute atomic E-state index is 12.6. The number of benzene rings is 2. The summed E-state index contributed by atoms with van der Waals surface area (Å²) in [4.78, 5) is 4.45. The number of hydrogen-bond donors (Lipinski definition) is 2. The second-order valence-corrected chi connectivity index (χ2v) is 8.72. The number of rotatable bonds is 7. The van der Waals surface area contributed by atoms with Crippen LogP contribution in [0.15, 0.2) is 77.8 Å². The van der Waals surface area contributed by atoms with Crippen LogP contribution >= 0.6 is 0 Å². The van der Waals surface area contributed by atoms with E-state index in [-0.39, 0.29) is 16.8 Å². The van der Waals surface area contributed by atoms with Crippen molar-refractivity contribution in [2.24, 2.45) is 0 Å². The minimum absolute atomic E-state index is 0.116. The molecule has 0 aliphatic rings. The zero-order valence-corrected chi connectivity index (χ0v) is 17.1. The fraction of sp³-hybridized carbons (Fsp3) is 0.227. The molecule has 0 saturated carbocycles. The number of hydrogen-bond acceptors (Lipinski definition) is 4. The first-order valence-electron chi connectivity index (χ1n) is 9.25. The predicted molar refractivity (Wildman–Crippen MR) is 114 cm³/mol. The largest absolute Gasteiger partial charge is 0.377 e. The lowest BCUT2D eigenvalue weighted by Gasteiger charge is -2.16. The van der Waals surface area contributed by atoms with Crippen LogP contribution in [0.3, 0.4) is 0 Å². The highest BCUT2D eigenvalue weighted by atomic mass is 32.2. The van der Waals surface area contributed by atoms with Crippen LogP contribution in [0.1, 0.15) is 43.9 Å². The van der Waals surface area contributed by atoms with E-state index in [1.54, 1.807) is 24.4 Å². The van der Waals surface area contributed by atoms with Crippen LogP contribution in [0.25, 0.3) is 0 Å². The van der Waals surface area contributed by atoms with E-state index in [0.29, 0.717) is 5.92 Å². The molecule has 0 fully saturated rings. The number of nitrogens with one attached hydrogen (secondary N) is 2. The van der Waals surface area contributed by atoms with Gasteiger partial charge in [-0.1, -0.05) is 56.3 Å². The zero-order chi connectivity index (χ0) is 20.1. The van der Waals surface area contributed by atoms with E-state index in [0.717, 1.165) is 16.8 Å². The third-order valence-corrected chi connectivity index (χ3v) is 5.91. The van der Waals surface area contributed by atoms with Crippen molar-refractivity contribution < 1.29 is 8.42 Å². The monoisotopic (exact) mass is 395 g/mol. The first kappa shape index (κ1) is 19.9. The molecular weight excluding hydrogens is 370 g/mol. The smallest absolute Gasteiger partial charge is 0.263 e. The number of anilines is 2. The molecule has 28 heavy (non-hydrogen) atoms. The molecule has 2 N–H and O–H groups in total. The summed E-state index contributed by atoms with van der Waals surface area (Å²) in [6, 6.07) is 20.6. The second-order valence-electron chi connectivity index (χ2n) is 7.04. The van der Waals surface area contributed by atoms with Gasteiger partial charge in [0.25, 0.3) is 10.0 Å². The average molecular weight is 396 g/mol. The molecule has 1 heterocycles. The van der Waals surface area contributed by atoms with Crippen LogP contribution in [0.2, 0.25) is 0 Å². The highest BCUT2D eigenvalue weighted by Crippen LogP contribution is 2.21. The molecule has 3 rings (SSSR count). The molecule has 2 aromatic carbocycles. The molecule has 0 spiro atoms. The van der Waals surface area contributed by atoms with Gasteiger partial charge in [0, 0.05) is 6.04 Å². The lowest BCUT2D eigenvalue weighted by atomic mass is 10.0. The normalized spacial score (nSPS) is 12.6. The number of nitrogens with zero attached hydrogens (tertiary/aromatic N) is 1. The SMILES string of the molecule is CC(C)c1ccc(S(=O)(=O)Nc2ccc(NC(C)c3ccccc3)cn2)cc1. The molecule has 0 radical (unpaired) electrons. The van der Waals surface area contributed by atoms with Gasteiger partial charge in [-0.05, 0) is 48.2 Å². The van der Waals surface area contributed by atoms with Gasteiger partial charge in [-0.25, -0.2) is 13.4 Å². The minimum Gasteiger partial charge on any atom is -0.377 e. The molecule has 0 amide bonds. The Hall–Kier alpha value is -2.86. The van der Waals surface area contributed by atoms with Gasteiger partial charge in [-0.15, -0.1) is 0 Å². The van der Waals surface area contributed by atoms with Crippen molar-refractivity contribution in [1.82, 2.24) is 4.98 Å². The van der Waals surface area contributed by atoms with Crippen LogP contribution in [0.5, 0.6) is 0 Å². The highest BCUT2D eigenvalue weighted by Gasteiger charge is 2.15. The summed E-state index contributed by atoms with van der Waals surface area (Å²) < 4.78 is 27.7. The Morgan fingerprint density at radius 2 is 1.50 bits per heavy atom. The second kappa shape index (κ2) is 8.44. The van der Waals surface area contributed by atoms with Crippen molar-refractivity contribution in [2.75, 3.05) is 10.0 Å². The van der Waals surface area contributed by atoms with E-state index in [1.807, 2.05) is 36.4 Å². The van der Waals surface area contributed by atoms with Crippen molar-refractivity contribution in [3.05, 3.63) is 84.1 Å². The standard InChI is InChI=1S/C22H25N3O2S/c1-16(2)18-9-12-21(13-10-18)28(26,27)25-22-14-11-20(15-23-22)24-17(3)19-7-5-4-6-8-19/h4-17,24H,1-3H3,(H,23,25). The molecule has 1 atom stereocenters. The van der Waals surface area contributed by atoms with Crippen LogP contribution in [0.4, 0.5) is 11.5 Å². The van der Waals surface area contributed by atoms with Crippen molar-refractivity contribution in [2.45, 2.75) is 37.6 Å². The molecule has 6 heteroatoms. The number of pyridine rings is 1. The van der Waals surface area contributed by atoms with Crippen molar-refractivity contribution in [1.29, 1.82) is 0 Å². The predicted octanol–water partition coefficient (Wildman–Crippen LogP) is 5.18. The lowest BCUT2D eigenvalue weighted by Crippen LogP contribution is -2.14. The van der Waals surface area contributed by atoms with E-state index >= 15 is 0 Å². The Kier molecular flexibility index (Phi) is 5.99. The first-order valence-corrected chi connectivity index (χ1v) is 10.7. The Labute approximate surface area is 166 Å². The molecule has 0 bridgehead atoms. The maximum Gasteiger partial charge on any atom is 0.263 e. The van der Waals surface area contributed by atoms with Gasteiger partial charge in [0.2, 0.25) is 0 Å². The van der Waals surface area contributed by atoms with E-state index in [4.69, 9.17) is 0 Å². The van der Waals surface area contributed by atoms with Crippen LogP contribution in [0, 0.1) is 0 Å². The zero-order valence-electron chi connectivity index (χ0n) is 16.3. The van der Waals surface area contributed by atoms with Gasteiger partial charge >= 0.3 is 0 Å². The molecule has 3 aromatic rings. The van der Waals surface area contributed by atoms with E-state index in [1.165, 1.54) is 0 Å². The van der Waals surface area contributed by atoms with Crippen LogP contribution in [-0.4, -0.2) is 13.4 Å². The van der Waals surface area contributed by atoms with Crippen molar-refractivity contribution in [3.8, 4) is 0 Å². The van der Waals surface area contributed by atoms with Gasteiger partial charge in [-0.3, -0.25) is 4.72 Å². The molecule has 0 aliphatic carbocycles. The minimum atomic E-state index is -3.67. The summed E-state index contributed by atoms with van der Waals surface area (Å²) in [5.41, 5.74) is 3.08. The molecular formula is C22H25N3O2S. The molecule has 1 aromatic heterocycles. The quantitative estimate of drug-likeness (QED) is 0.578. The molecule has 0 aliphatic heterocycles. The fourth-order valence-electron chi connectivity index (χ4n) is 2.84. The van der Waals surface area contributed by atoms with Crippen LogP contribution < -0.4 is 10.0 Å². The maximum atomic E-state index is 12.6. The van der Waals surface area contributed by atoms with Gasteiger partial charge in [0.1, 0.15) is 5.82 Å². The Morgan fingerprint density at radius 3 is 2.07 bits per heavy atom. The topological polar surface area (TPSA) is 71.1 Å². The molecule has 0 saturated heterocycles. The lowest BCUT2D eigenvalue weighted by molar-refractivity contribution is 0.601. The molecule has 5 nitrogen and oxygen atoms in total. The fourth-order valence-corrected chi connectivity index (χ4v) is 3.85. The van der Waals surface area contributed by atoms with Gasteiger partial charge in [0.05, 0.1) is 16.8 Å². The van der Waals surface area contributed by atoms with Gasteiger partial charge in [0.15, 0.2) is 0 Å². The summed E-state index contributed by atoms with van der Waals surface area (Å²) in [5.74, 6) is 0.635. The molecule has 146 valence electrons. The average Bonchev–Trinajstić information content (AvgIpc) is 2.70. The third kappa shape index (κ3) is 4.89. The van der Waals surface area contributed by atoms with Crippen LogP contribution in [-0.2, 0) is 10.0 Å². The highest BCUT2D eigenvalue weighted by molar-refractivity contribution is 7.92. The number of sulfonamides is 1. The summed E-state index contributed by atoms with van der Waals surface area (Å²) in [6.45, 7) is 6.20. The van der Waals surface area contributed by atoms with E-state index in [2.05, 4.69) is 47.9 Å². The summed E-state index contributed by atoms with van der Waals surface area (Å²) in [6.07, 6.45) is 1.62. The van der Waals surface area contributed by atoms with Gasteiger partial charge in [-0.2, -0.15) is 0 Å². The first-order chi connectivity index (χ1) is 13.3. The summed E-state index contributed by atoms with van der Waals surface area (Å²) >= 11 is 0. The Bertz CT molecular complexity index is 1000. The summed E-state index contributed by atoms with van der Waals surface area (Å²) in [5, 5.41) is 3.36. The van der Waals surface area contributed by atoms with E-state index in [9.17, 15) is 8.42 Å². The third-order valence-electron chi connectivity index (χ3n) is 4.54. The van der Waals surface area contributed by atoms with E-state index < -0.39 is 10.0 Å². The van der Waals surface area contributed by atoms with Crippen molar-refractivity contribution >= 4 is 21.5 Å². The Morgan fingerprint density at radius 1 is 0.821 bits per heavy atom. The van der Waals surface area contributed by atoms with Gasteiger partial charge < -0.3 is 5.32 Å².